The molecule has 8 heteroatoms. The zero-order chi connectivity index (χ0) is 22.5. The largest absolute Gasteiger partial charge is 0.497 e. The van der Waals surface area contributed by atoms with Crippen LogP contribution in [0.3, 0.4) is 0 Å². The van der Waals surface area contributed by atoms with Crippen LogP contribution in [0, 0.1) is 0 Å². The third-order valence-electron chi connectivity index (χ3n) is 5.64. The monoisotopic (exact) mass is 434 g/mol. The van der Waals surface area contributed by atoms with Crippen molar-refractivity contribution in [3.63, 3.8) is 0 Å². The van der Waals surface area contributed by atoms with Crippen molar-refractivity contribution in [2.24, 2.45) is 0 Å². The summed E-state index contributed by atoms with van der Waals surface area (Å²) in [5.74, 6) is 1.37. The van der Waals surface area contributed by atoms with Gasteiger partial charge in [-0.2, -0.15) is 0 Å². The van der Waals surface area contributed by atoms with Crippen molar-refractivity contribution in [1.82, 2.24) is 14.5 Å². The first-order valence-electron chi connectivity index (χ1n) is 10.5. The molecular weight excluding hydrogens is 408 g/mol. The first-order chi connectivity index (χ1) is 15.6. The number of amides is 1. The van der Waals surface area contributed by atoms with Gasteiger partial charge in [0.25, 0.3) is 5.56 Å². The number of rotatable bonds is 6. The number of para-hydroxylation sites is 1. The molecule has 0 N–H and O–H groups in total. The van der Waals surface area contributed by atoms with Crippen molar-refractivity contribution in [3.05, 3.63) is 71.3 Å². The van der Waals surface area contributed by atoms with Crippen LogP contribution < -0.4 is 19.9 Å². The number of aromatic nitrogens is 2. The SMILES string of the molecule is COc1ccc(N2CCN(C(=O)Cn3cnc(-c4ccccc4OC)cc3=O)CC2)cc1. The standard InChI is InChI=1S/C24H26N4O4/c1-31-19-9-7-18(8-10-19)26-11-13-27(14-12-26)24(30)16-28-17-25-21(15-23(28)29)20-5-3-4-6-22(20)32-2/h3-10,15,17H,11-14,16H2,1-2H3. The Morgan fingerprint density at radius 3 is 2.34 bits per heavy atom. The summed E-state index contributed by atoms with van der Waals surface area (Å²) in [6, 6.07) is 16.7. The maximum Gasteiger partial charge on any atom is 0.254 e. The van der Waals surface area contributed by atoms with Gasteiger partial charge < -0.3 is 19.3 Å². The minimum Gasteiger partial charge on any atom is -0.497 e. The molecule has 1 saturated heterocycles. The van der Waals surface area contributed by atoms with Crippen molar-refractivity contribution in [2.75, 3.05) is 45.3 Å². The van der Waals surface area contributed by atoms with E-state index in [0.717, 1.165) is 30.1 Å². The second-order valence-corrected chi connectivity index (χ2v) is 7.51. The highest BCUT2D eigenvalue weighted by Crippen LogP contribution is 2.26. The van der Waals surface area contributed by atoms with Crippen molar-refractivity contribution in [3.8, 4) is 22.8 Å². The van der Waals surface area contributed by atoms with Crippen LogP contribution in [0.5, 0.6) is 11.5 Å². The number of hydrogen-bond acceptors (Lipinski definition) is 6. The normalized spacial score (nSPS) is 13.7. The smallest absolute Gasteiger partial charge is 0.254 e. The molecule has 1 aromatic heterocycles. The number of benzene rings is 2. The molecule has 8 nitrogen and oxygen atoms in total. The van der Waals surface area contributed by atoms with Crippen LogP contribution in [0.1, 0.15) is 0 Å². The van der Waals surface area contributed by atoms with Crippen LogP contribution in [-0.2, 0) is 11.3 Å². The van der Waals surface area contributed by atoms with Gasteiger partial charge in [-0.05, 0) is 36.4 Å². The van der Waals surface area contributed by atoms with E-state index in [1.54, 1.807) is 19.1 Å². The quantitative estimate of drug-likeness (QED) is 0.593. The molecule has 0 unspecified atom stereocenters. The molecule has 2 heterocycles. The number of piperazine rings is 1. The summed E-state index contributed by atoms with van der Waals surface area (Å²) in [5, 5.41) is 0. The molecule has 32 heavy (non-hydrogen) atoms. The molecule has 166 valence electrons. The highest BCUT2D eigenvalue weighted by Gasteiger charge is 2.22. The van der Waals surface area contributed by atoms with Gasteiger partial charge in [0, 0.05) is 43.5 Å². The molecule has 2 aromatic carbocycles. The topological polar surface area (TPSA) is 76.9 Å². The van der Waals surface area contributed by atoms with Crippen LogP contribution in [-0.4, -0.2) is 60.8 Å². The number of carbonyl (C=O) groups excluding carboxylic acids is 1. The summed E-state index contributed by atoms with van der Waals surface area (Å²) in [6.45, 7) is 2.65. The Labute approximate surface area is 186 Å². The predicted octanol–water partition coefficient (Wildman–Crippen LogP) is 2.28. The summed E-state index contributed by atoms with van der Waals surface area (Å²) < 4.78 is 11.9. The average molecular weight is 434 g/mol. The molecule has 0 aliphatic carbocycles. The number of carbonyl (C=O) groups is 1. The van der Waals surface area contributed by atoms with Crippen LogP contribution >= 0.6 is 0 Å². The summed E-state index contributed by atoms with van der Waals surface area (Å²) in [7, 11) is 3.22. The van der Waals surface area contributed by atoms with Gasteiger partial charge in [0.1, 0.15) is 18.0 Å². The van der Waals surface area contributed by atoms with Gasteiger partial charge in [-0.25, -0.2) is 4.98 Å². The van der Waals surface area contributed by atoms with Crippen LogP contribution in [0.25, 0.3) is 11.3 Å². The highest BCUT2D eigenvalue weighted by atomic mass is 16.5. The molecule has 0 bridgehead atoms. The Hall–Kier alpha value is -3.81. The average Bonchev–Trinajstić information content (AvgIpc) is 2.85. The maximum absolute atomic E-state index is 12.8. The van der Waals surface area contributed by atoms with E-state index >= 15 is 0 Å². The molecule has 1 fully saturated rings. The third-order valence-corrected chi connectivity index (χ3v) is 5.64. The lowest BCUT2D eigenvalue weighted by Gasteiger charge is -2.36. The van der Waals surface area contributed by atoms with Gasteiger partial charge in [-0.1, -0.05) is 12.1 Å². The van der Waals surface area contributed by atoms with E-state index in [1.807, 2.05) is 48.5 Å². The number of ether oxygens (including phenoxy) is 2. The molecule has 1 aliphatic heterocycles. The lowest BCUT2D eigenvalue weighted by molar-refractivity contribution is -0.132. The molecule has 1 amide bonds. The number of nitrogens with zero attached hydrogens (tertiary/aromatic N) is 4. The highest BCUT2D eigenvalue weighted by molar-refractivity contribution is 5.76. The summed E-state index contributed by atoms with van der Waals surface area (Å²) in [6.07, 6.45) is 1.43. The molecule has 0 radical (unpaired) electrons. The van der Waals surface area contributed by atoms with E-state index in [4.69, 9.17) is 9.47 Å². The zero-order valence-corrected chi connectivity index (χ0v) is 18.2. The van der Waals surface area contributed by atoms with Crippen molar-refractivity contribution >= 4 is 11.6 Å². The first-order valence-corrected chi connectivity index (χ1v) is 10.5. The summed E-state index contributed by atoms with van der Waals surface area (Å²) in [5.41, 5.74) is 2.08. The van der Waals surface area contributed by atoms with Gasteiger partial charge >= 0.3 is 0 Å². The van der Waals surface area contributed by atoms with E-state index < -0.39 is 0 Å². The predicted molar refractivity (Wildman–Crippen MR) is 122 cm³/mol. The third kappa shape index (κ3) is 4.59. The number of hydrogen-bond donors (Lipinski definition) is 0. The van der Waals surface area contributed by atoms with Crippen LogP contribution in [0.2, 0.25) is 0 Å². The van der Waals surface area contributed by atoms with E-state index in [-0.39, 0.29) is 18.0 Å². The number of methoxy groups -OCH3 is 2. The van der Waals surface area contributed by atoms with Crippen LogP contribution in [0.4, 0.5) is 5.69 Å². The van der Waals surface area contributed by atoms with E-state index in [1.165, 1.54) is 17.0 Å². The van der Waals surface area contributed by atoms with Crippen molar-refractivity contribution in [1.29, 1.82) is 0 Å². The van der Waals surface area contributed by atoms with Gasteiger partial charge in [0.15, 0.2) is 0 Å². The van der Waals surface area contributed by atoms with Gasteiger partial charge in [-0.15, -0.1) is 0 Å². The lowest BCUT2D eigenvalue weighted by atomic mass is 10.1. The van der Waals surface area contributed by atoms with E-state index in [0.29, 0.717) is 24.5 Å². The van der Waals surface area contributed by atoms with Gasteiger partial charge in [0.05, 0.1) is 26.2 Å². The Morgan fingerprint density at radius 2 is 1.69 bits per heavy atom. The Bertz CT molecular complexity index is 1140. The lowest BCUT2D eigenvalue weighted by Crippen LogP contribution is -2.50. The van der Waals surface area contributed by atoms with E-state index in [9.17, 15) is 9.59 Å². The van der Waals surface area contributed by atoms with Crippen molar-refractivity contribution < 1.29 is 14.3 Å². The fourth-order valence-corrected chi connectivity index (χ4v) is 3.80. The molecule has 4 rings (SSSR count). The fraction of sp³-hybridized carbons (Fsp3) is 0.292. The molecule has 0 atom stereocenters. The Morgan fingerprint density at radius 1 is 0.969 bits per heavy atom. The van der Waals surface area contributed by atoms with Gasteiger partial charge in [-0.3, -0.25) is 14.2 Å². The molecule has 0 saturated carbocycles. The second-order valence-electron chi connectivity index (χ2n) is 7.51. The van der Waals surface area contributed by atoms with Crippen molar-refractivity contribution in [2.45, 2.75) is 6.54 Å². The molecule has 0 spiro atoms. The number of anilines is 1. The molecular formula is C24H26N4O4. The van der Waals surface area contributed by atoms with E-state index in [2.05, 4.69) is 9.88 Å². The minimum absolute atomic E-state index is 0.0272. The maximum atomic E-state index is 12.8. The first kappa shape index (κ1) is 21.4. The summed E-state index contributed by atoms with van der Waals surface area (Å²) >= 11 is 0. The Balaban J connectivity index is 1.38. The minimum atomic E-state index is -0.272. The fourth-order valence-electron chi connectivity index (χ4n) is 3.80. The summed E-state index contributed by atoms with van der Waals surface area (Å²) in [4.78, 5) is 33.8. The van der Waals surface area contributed by atoms with Gasteiger partial charge in [0.2, 0.25) is 5.91 Å². The molecule has 1 aliphatic rings. The zero-order valence-electron chi connectivity index (χ0n) is 18.2. The Kier molecular flexibility index (Phi) is 6.39. The molecule has 3 aromatic rings. The van der Waals surface area contributed by atoms with Crippen LogP contribution in [0.15, 0.2) is 65.7 Å². The second kappa shape index (κ2) is 9.55.